The van der Waals surface area contributed by atoms with Crippen LogP contribution in [0.1, 0.15) is 192 Å². The first-order chi connectivity index (χ1) is 20.9. The summed E-state index contributed by atoms with van der Waals surface area (Å²) in [6.45, 7) is 34.1. The third-order valence-electron chi connectivity index (χ3n) is 7.85. The van der Waals surface area contributed by atoms with Crippen molar-refractivity contribution in [2.75, 3.05) is 39.4 Å². The van der Waals surface area contributed by atoms with Gasteiger partial charge < -0.3 is 15.4 Å². The van der Waals surface area contributed by atoms with Crippen LogP contribution < -0.4 is 10.6 Å². The Morgan fingerprint density at radius 3 is 1.00 bits per heavy atom. The monoisotopic (exact) mass is 627 g/mol. The average molecular weight is 627 g/mol. The number of hydrogen-bond acceptors (Lipinski definition) is 3. The molecule has 44 heavy (non-hydrogen) atoms. The molecule has 0 fully saturated rings. The van der Waals surface area contributed by atoms with Gasteiger partial charge in [-0.1, -0.05) is 147 Å². The third-order valence-corrected chi connectivity index (χ3v) is 7.85. The largest absolute Gasteiger partial charge is 0.381 e. The molecule has 3 nitrogen and oxygen atoms in total. The van der Waals surface area contributed by atoms with E-state index in [4.69, 9.17) is 4.74 Å². The van der Waals surface area contributed by atoms with Gasteiger partial charge in [-0.2, -0.15) is 0 Å². The van der Waals surface area contributed by atoms with Gasteiger partial charge in [0.1, 0.15) is 0 Å². The third kappa shape index (κ3) is 57.5. The maximum absolute atomic E-state index is 5.53. The number of ether oxygens (including phenoxy) is 1. The summed E-state index contributed by atoms with van der Waals surface area (Å²) < 4.78 is 5.53. The Labute approximate surface area is 282 Å². The summed E-state index contributed by atoms with van der Waals surface area (Å²) in [5.74, 6) is 5.07. The maximum Gasteiger partial charge on any atom is 0.0466 e. The van der Waals surface area contributed by atoms with Crippen LogP contribution in [0.25, 0.3) is 0 Å². The molecule has 3 heteroatoms. The van der Waals surface area contributed by atoms with Crippen LogP contribution in [0.2, 0.25) is 0 Å². The van der Waals surface area contributed by atoms with Crippen molar-refractivity contribution in [3.8, 4) is 0 Å². The minimum atomic E-state index is 0.775. The summed E-state index contributed by atoms with van der Waals surface area (Å²) in [6.07, 6.45) is 23.2. The van der Waals surface area contributed by atoms with Gasteiger partial charge >= 0.3 is 0 Å². The normalized spacial score (nSPS) is 11.6. The lowest BCUT2D eigenvalue weighted by Crippen LogP contribution is -2.21. The van der Waals surface area contributed by atoms with Crippen LogP contribution in [0, 0.1) is 35.5 Å². The second-order valence-electron chi connectivity index (χ2n) is 16.1. The predicted molar refractivity (Wildman–Crippen MR) is 204 cm³/mol. The average Bonchev–Trinajstić information content (AvgIpc) is 2.92. The number of rotatable bonds is 29. The standard InChI is InChI=1S/C16H36N2.C13H28.C12H26O/c1-15(2)10-6-9-12-17-11-7-5-8-13-18-14-16(3)4;1-12(2)10-8-6-5-7-9-11-13(3)4;1-11(2)7-5-9-13-10-6-8-12(3)4/h15-18H,5-14H2,1-4H3;12-13H,5-11H2,1-4H3;11-12H,5-10H2,1-4H3. The van der Waals surface area contributed by atoms with Crippen molar-refractivity contribution in [3.63, 3.8) is 0 Å². The molecule has 0 aliphatic heterocycles. The van der Waals surface area contributed by atoms with E-state index in [1.54, 1.807) is 0 Å². The van der Waals surface area contributed by atoms with Crippen molar-refractivity contribution in [3.05, 3.63) is 0 Å². The Bertz CT molecular complexity index is 419. The molecule has 0 rings (SSSR count). The molecule has 270 valence electrons. The van der Waals surface area contributed by atoms with Gasteiger partial charge in [-0.05, 0) is 107 Å². The molecule has 0 bridgehead atoms. The van der Waals surface area contributed by atoms with Crippen LogP contribution in [0.15, 0.2) is 0 Å². The number of hydrogen-bond donors (Lipinski definition) is 2. The zero-order valence-electron chi connectivity index (χ0n) is 33.1. The Kier molecular flexibility index (Phi) is 42.9. The Morgan fingerprint density at radius 2 is 0.614 bits per heavy atom. The molecule has 0 radical (unpaired) electrons. The van der Waals surface area contributed by atoms with Gasteiger partial charge in [0.05, 0.1) is 0 Å². The number of nitrogens with one attached hydrogen (secondary N) is 2. The molecule has 0 aromatic rings. The minimum absolute atomic E-state index is 0.775. The second-order valence-corrected chi connectivity index (χ2v) is 16.1. The molecule has 0 aromatic heterocycles. The second kappa shape index (κ2) is 39.1. The zero-order valence-corrected chi connectivity index (χ0v) is 33.1. The van der Waals surface area contributed by atoms with E-state index in [0.29, 0.717) is 0 Å². The van der Waals surface area contributed by atoms with Crippen molar-refractivity contribution in [1.29, 1.82) is 0 Å². The first-order valence-corrected chi connectivity index (χ1v) is 19.9. The van der Waals surface area contributed by atoms with Crippen molar-refractivity contribution in [1.82, 2.24) is 10.6 Å². The smallest absolute Gasteiger partial charge is 0.0466 e. The Hall–Kier alpha value is -0.120. The lowest BCUT2D eigenvalue weighted by atomic mass is 10.0. The van der Waals surface area contributed by atoms with Crippen LogP contribution in [0.4, 0.5) is 0 Å². The van der Waals surface area contributed by atoms with E-state index < -0.39 is 0 Å². The van der Waals surface area contributed by atoms with E-state index in [1.807, 2.05) is 0 Å². The highest BCUT2D eigenvalue weighted by molar-refractivity contribution is 4.55. The van der Waals surface area contributed by atoms with Gasteiger partial charge in [0.15, 0.2) is 0 Å². The van der Waals surface area contributed by atoms with Gasteiger partial charge in [-0.15, -0.1) is 0 Å². The molecule has 0 heterocycles. The predicted octanol–water partition coefficient (Wildman–Crippen LogP) is 12.7. The van der Waals surface area contributed by atoms with E-state index >= 15 is 0 Å². The summed E-state index contributed by atoms with van der Waals surface area (Å²) >= 11 is 0. The first-order valence-electron chi connectivity index (χ1n) is 19.9. The van der Waals surface area contributed by atoms with Crippen molar-refractivity contribution >= 4 is 0 Å². The lowest BCUT2D eigenvalue weighted by Gasteiger charge is -2.08. The topological polar surface area (TPSA) is 33.3 Å². The first kappa shape index (κ1) is 48.3. The summed E-state index contributed by atoms with van der Waals surface area (Å²) in [7, 11) is 0. The van der Waals surface area contributed by atoms with E-state index in [-0.39, 0.29) is 0 Å². The highest BCUT2D eigenvalue weighted by atomic mass is 16.5. The SMILES string of the molecule is CC(C)CCCCCCCC(C)C.CC(C)CCCCNCCCCCNCC(C)C.CC(C)CCCOCCCC(C)C. The molecule has 0 saturated heterocycles. The fraction of sp³-hybridized carbons (Fsp3) is 1.00. The maximum atomic E-state index is 5.53. The number of unbranched alkanes of at least 4 members (excludes halogenated alkanes) is 7. The summed E-state index contributed by atoms with van der Waals surface area (Å²) in [6, 6.07) is 0. The minimum Gasteiger partial charge on any atom is -0.381 e. The molecule has 0 aromatic carbocycles. The molecule has 0 spiro atoms. The molecular formula is C41H90N2O. The van der Waals surface area contributed by atoms with Crippen LogP contribution in [-0.4, -0.2) is 39.4 Å². The molecule has 0 aliphatic carbocycles. The molecule has 2 N–H and O–H groups in total. The van der Waals surface area contributed by atoms with E-state index in [2.05, 4.69) is 93.7 Å². The van der Waals surface area contributed by atoms with Gasteiger partial charge in [0.2, 0.25) is 0 Å². The molecule has 0 amide bonds. The summed E-state index contributed by atoms with van der Waals surface area (Å²) in [5, 5.41) is 7.04. The van der Waals surface area contributed by atoms with E-state index in [9.17, 15) is 0 Å². The fourth-order valence-corrected chi connectivity index (χ4v) is 4.92. The van der Waals surface area contributed by atoms with Crippen LogP contribution in [0.5, 0.6) is 0 Å². The van der Waals surface area contributed by atoms with Crippen LogP contribution in [0.3, 0.4) is 0 Å². The Balaban J connectivity index is -0.000000585. The molecule has 0 saturated carbocycles. The van der Waals surface area contributed by atoms with Crippen LogP contribution >= 0.6 is 0 Å². The van der Waals surface area contributed by atoms with Crippen LogP contribution in [-0.2, 0) is 4.74 Å². The fourth-order valence-electron chi connectivity index (χ4n) is 4.92. The molecule has 0 aliphatic rings. The van der Waals surface area contributed by atoms with Crippen molar-refractivity contribution < 1.29 is 4.74 Å². The van der Waals surface area contributed by atoms with E-state index in [0.717, 1.165) is 55.3 Å². The highest BCUT2D eigenvalue weighted by Crippen LogP contribution is 2.13. The quantitative estimate of drug-likeness (QED) is 0.0810. The lowest BCUT2D eigenvalue weighted by molar-refractivity contribution is 0.122. The van der Waals surface area contributed by atoms with Gasteiger partial charge in [-0.25, -0.2) is 0 Å². The zero-order chi connectivity index (χ0) is 33.8. The van der Waals surface area contributed by atoms with Crippen molar-refractivity contribution in [2.24, 2.45) is 35.5 Å². The highest BCUT2D eigenvalue weighted by Gasteiger charge is 1.98. The molecule has 0 unspecified atom stereocenters. The summed E-state index contributed by atoms with van der Waals surface area (Å²) in [4.78, 5) is 0. The Morgan fingerprint density at radius 1 is 0.318 bits per heavy atom. The molecular weight excluding hydrogens is 536 g/mol. The molecule has 0 atom stereocenters. The van der Waals surface area contributed by atoms with Gasteiger partial charge in [-0.3, -0.25) is 0 Å². The van der Waals surface area contributed by atoms with E-state index in [1.165, 1.54) is 129 Å². The van der Waals surface area contributed by atoms with Gasteiger partial charge in [0, 0.05) is 13.2 Å². The summed E-state index contributed by atoms with van der Waals surface area (Å²) in [5.41, 5.74) is 0. The van der Waals surface area contributed by atoms with Crippen molar-refractivity contribution in [2.45, 2.75) is 192 Å². The van der Waals surface area contributed by atoms with Gasteiger partial charge in [0.25, 0.3) is 0 Å².